The van der Waals surface area contributed by atoms with Crippen LogP contribution in [0.15, 0.2) is 41.2 Å². The zero-order chi connectivity index (χ0) is 22.2. The minimum atomic E-state index is 0.241. The summed E-state index contributed by atoms with van der Waals surface area (Å²) >= 11 is 0. The number of piperazine rings is 1. The number of nitrogens with zero attached hydrogens (tertiary/aromatic N) is 6. The summed E-state index contributed by atoms with van der Waals surface area (Å²) in [6.07, 6.45) is 3.74. The van der Waals surface area contributed by atoms with Gasteiger partial charge in [-0.3, -0.25) is 4.90 Å². The van der Waals surface area contributed by atoms with Crippen LogP contribution >= 0.6 is 0 Å². The number of aromatic nitrogens is 4. The van der Waals surface area contributed by atoms with Crippen molar-refractivity contribution in [3.8, 4) is 0 Å². The molecule has 0 amide bonds. The van der Waals surface area contributed by atoms with Gasteiger partial charge in [-0.1, -0.05) is 19.0 Å². The lowest BCUT2D eigenvalue weighted by Gasteiger charge is -2.38. The van der Waals surface area contributed by atoms with Gasteiger partial charge in [0.15, 0.2) is 5.58 Å². The van der Waals surface area contributed by atoms with Crippen LogP contribution in [0.2, 0.25) is 0 Å². The molecule has 1 aliphatic heterocycles. The summed E-state index contributed by atoms with van der Waals surface area (Å²) in [5.74, 6) is 1.46. The monoisotopic (exact) mass is 431 g/mol. The Kier molecular flexibility index (Phi) is 5.38. The van der Waals surface area contributed by atoms with Gasteiger partial charge >= 0.3 is 0 Å². The molecule has 4 aromatic rings. The Morgan fingerprint density at radius 1 is 0.938 bits per heavy atom. The standard InChI is InChI=1S/C24H29N7O/c1-15(2)22-21-19(32-29-22)7-5-17-13-26-24(28-23(17)21)27-20-8-6-18(14-25-20)31-11-9-30(10-12-31)16(3)4/h5-8,13-16H,9-12H2,1-4H3,(H,25,26,27,28). The molecule has 0 bridgehead atoms. The molecule has 0 atom stereocenters. The van der Waals surface area contributed by atoms with E-state index in [2.05, 4.69) is 64.0 Å². The lowest BCUT2D eigenvalue weighted by molar-refractivity contribution is 0.209. The van der Waals surface area contributed by atoms with E-state index in [1.165, 1.54) is 0 Å². The van der Waals surface area contributed by atoms with Gasteiger partial charge in [0.2, 0.25) is 5.95 Å². The van der Waals surface area contributed by atoms with Gasteiger partial charge in [0.25, 0.3) is 0 Å². The van der Waals surface area contributed by atoms with Gasteiger partial charge in [-0.05, 0) is 44.0 Å². The summed E-state index contributed by atoms with van der Waals surface area (Å²) in [6.45, 7) is 12.9. The topological polar surface area (TPSA) is 83.2 Å². The first-order valence-corrected chi connectivity index (χ1v) is 11.3. The molecule has 4 heterocycles. The molecule has 0 spiro atoms. The minimum Gasteiger partial charge on any atom is -0.368 e. The highest BCUT2D eigenvalue weighted by atomic mass is 16.5. The van der Waals surface area contributed by atoms with Crippen molar-refractivity contribution >= 4 is 39.3 Å². The van der Waals surface area contributed by atoms with Crippen molar-refractivity contribution in [3.05, 3.63) is 42.4 Å². The van der Waals surface area contributed by atoms with Crippen LogP contribution in [0.5, 0.6) is 0 Å². The maximum atomic E-state index is 5.52. The van der Waals surface area contributed by atoms with E-state index in [1.807, 2.05) is 30.6 Å². The first-order chi connectivity index (χ1) is 15.5. The van der Waals surface area contributed by atoms with E-state index in [0.29, 0.717) is 12.0 Å². The molecule has 166 valence electrons. The van der Waals surface area contributed by atoms with Crippen LogP contribution in [0, 0.1) is 0 Å². The molecule has 0 saturated carbocycles. The highest BCUT2D eigenvalue weighted by Crippen LogP contribution is 2.31. The molecule has 1 saturated heterocycles. The number of nitrogens with one attached hydrogen (secondary N) is 1. The van der Waals surface area contributed by atoms with Crippen molar-refractivity contribution in [1.29, 1.82) is 0 Å². The third-order valence-electron chi connectivity index (χ3n) is 6.16. The number of fused-ring (bicyclic) bond motifs is 3. The summed E-state index contributed by atoms with van der Waals surface area (Å²) in [5.41, 5.74) is 3.64. The highest BCUT2D eigenvalue weighted by molar-refractivity contribution is 6.04. The van der Waals surface area contributed by atoms with Gasteiger partial charge in [0.1, 0.15) is 5.82 Å². The molecular weight excluding hydrogens is 402 g/mol. The number of hydrogen-bond donors (Lipinski definition) is 1. The normalized spacial score (nSPS) is 15.4. The maximum absolute atomic E-state index is 5.52. The van der Waals surface area contributed by atoms with Crippen LogP contribution in [0.4, 0.5) is 17.5 Å². The number of pyridine rings is 1. The molecule has 1 aromatic carbocycles. The molecule has 1 aliphatic rings. The van der Waals surface area contributed by atoms with Crippen LogP contribution in [-0.2, 0) is 0 Å². The number of rotatable bonds is 5. The zero-order valence-corrected chi connectivity index (χ0v) is 19.0. The molecule has 0 radical (unpaired) electrons. The van der Waals surface area contributed by atoms with Crippen LogP contribution in [0.3, 0.4) is 0 Å². The Hall–Kier alpha value is -3.26. The van der Waals surface area contributed by atoms with E-state index in [-0.39, 0.29) is 5.92 Å². The predicted octanol–water partition coefficient (Wildman–Crippen LogP) is 4.56. The average molecular weight is 432 g/mol. The first kappa shape index (κ1) is 20.6. The first-order valence-electron chi connectivity index (χ1n) is 11.3. The van der Waals surface area contributed by atoms with Crippen molar-refractivity contribution in [2.45, 2.75) is 39.7 Å². The molecular formula is C24H29N7O. The summed E-state index contributed by atoms with van der Waals surface area (Å²) < 4.78 is 5.52. The summed E-state index contributed by atoms with van der Waals surface area (Å²) in [6, 6.07) is 8.57. The number of anilines is 3. The Balaban J connectivity index is 1.36. The molecule has 32 heavy (non-hydrogen) atoms. The summed E-state index contributed by atoms with van der Waals surface area (Å²) in [5, 5.41) is 9.40. The van der Waals surface area contributed by atoms with Crippen LogP contribution in [-0.4, -0.2) is 57.2 Å². The zero-order valence-electron chi connectivity index (χ0n) is 19.0. The van der Waals surface area contributed by atoms with Crippen LogP contribution in [0.1, 0.15) is 39.3 Å². The molecule has 1 N–H and O–H groups in total. The van der Waals surface area contributed by atoms with Gasteiger partial charge in [-0.2, -0.15) is 0 Å². The van der Waals surface area contributed by atoms with E-state index in [1.54, 1.807) is 0 Å². The fraction of sp³-hybridized carbons (Fsp3) is 0.417. The van der Waals surface area contributed by atoms with Gasteiger partial charge < -0.3 is 14.7 Å². The van der Waals surface area contributed by atoms with E-state index >= 15 is 0 Å². The third kappa shape index (κ3) is 3.86. The van der Waals surface area contributed by atoms with Crippen molar-refractivity contribution in [1.82, 2.24) is 25.0 Å². The van der Waals surface area contributed by atoms with Crippen LogP contribution < -0.4 is 10.2 Å². The predicted molar refractivity (Wildman–Crippen MR) is 128 cm³/mol. The lowest BCUT2D eigenvalue weighted by Crippen LogP contribution is -2.48. The van der Waals surface area contributed by atoms with Gasteiger partial charge in [-0.25, -0.2) is 15.0 Å². The SMILES string of the molecule is CC(C)c1noc2ccc3cnc(Nc4ccc(N5CCN(C(C)C)CC5)cn4)nc3c12. The van der Waals surface area contributed by atoms with Crippen molar-refractivity contribution < 1.29 is 4.52 Å². The minimum absolute atomic E-state index is 0.241. The molecule has 0 unspecified atom stereocenters. The highest BCUT2D eigenvalue weighted by Gasteiger charge is 2.19. The molecule has 1 fully saturated rings. The molecule has 0 aliphatic carbocycles. The van der Waals surface area contributed by atoms with Gasteiger partial charge in [0, 0.05) is 43.8 Å². The third-order valence-corrected chi connectivity index (χ3v) is 6.16. The second-order valence-electron chi connectivity index (χ2n) is 8.94. The van der Waals surface area contributed by atoms with Crippen LogP contribution in [0.25, 0.3) is 21.9 Å². The van der Waals surface area contributed by atoms with E-state index < -0.39 is 0 Å². The molecule has 8 heteroatoms. The van der Waals surface area contributed by atoms with E-state index in [0.717, 1.165) is 65.3 Å². The van der Waals surface area contributed by atoms with Crippen molar-refractivity contribution in [2.75, 3.05) is 36.4 Å². The van der Waals surface area contributed by atoms with E-state index in [4.69, 9.17) is 9.51 Å². The second-order valence-corrected chi connectivity index (χ2v) is 8.94. The fourth-order valence-corrected chi connectivity index (χ4v) is 4.26. The van der Waals surface area contributed by atoms with Gasteiger partial charge in [-0.15, -0.1) is 0 Å². The fourth-order valence-electron chi connectivity index (χ4n) is 4.26. The largest absolute Gasteiger partial charge is 0.368 e. The number of hydrogen-bond acceptors (Lipinski definition) is 8. The Bertz CT molecular complexity index is 1220. The summed E-state index contributed by atoms with van der Waals surface area (Å²) in [7, 11) is 0. The average Bonchev–Trinajstić information content (AvgIpc) is 3.25. The Labute approximate surface area is 187 Å². The van der Waals surface area contributed by atoms with Crippen molar-refractivity contribution in [2.24, 2.45) is 0 Å². The molecule has 8 nitrogen and oxygen atoms in total. The van der Waals surface area contributed by atoms with Gasteiger partial charge in [0.05, 0.1) is 28.5 Å². The molecule has 3 aromatic heterocycles. The van der Waals surface area contributed by atoms with Crippen molar-refractivity contribution in [3.63, 3.8) is 0 Å². The summed E-state index contributed by atoms with van der Waals surface area (Å²) in [4.78, 5) is 18.7. The smallest absolute Gasteiger partial charge is 0.228 e. The quantitative estimate of drug-likeness (QED) is 0.492. The van der Waals surface area contributed by atoms with E-state index in [9.17, 15) is 0 Å². The maximum Gasteiger partial charge on any atom is 0.228 e. The lowest BCUT2D eigenvalue weighted by atomic mass is 10.0. The molecule has 5 rings (SSSR count). The Morgan fingerprint density at radius 3 is 2.44 bits per heavy atom. The Morgan fingerprint density at radius 2 is 1.75 bits per heavy atom. The second kappa shape index (κ2) is 8.35. The number of benzene rings is 1.